The first kappa shape index (κ1) is 11.4. The van der Waals surface area contributed by atoms with Crippen LogP contribution in [0.3, 0.4) is 0 Å². The summed E-state index contributed by atoms with van der Waals surface area (Å²) in [6.45, 7) is 2.93. The molecule has 1 heterocycles. The van der Waals surface area contributed by atoms with Crippen molar-refractivity contribution in [1.82, 2.24) is 25.5 Å². The Labute approximate surface area is 87.1 Å². The van der Waals surface area contributed by atoms with E-state index in [0.717, 1.165) is 17.5 Å². The smallest absolute Gasteiger partial charge is 0.209 e. The standard InChI is InChI=1S/C7H15N5OS/c1-6(5-13)8-3-4-14-7-9-10-11-12(7)2/h6,8,13H,3-5H2,1-2H3/t6-/m0/s1. The Hall–Kier alpha value is -0.660. The molecule has 1 aromatic rings. The van der Waals surface area contributed by atoms with Crippen LogP contribution in [-0.4, -0.2) is 50.3 Å². The predicted molar refractivity (Wildman–Crippen MR) is 54.1 cm³/mol. The van der Waals surface area contributed by atoms with Crippen LogP contribution in [0.1, 0.15) is 6.92 Å². The quantitative estimate of drug-likeness (QED) is 0.483. The van der Waals surface area contributed by atoms with Gasteiger partial charge in [-0.2, -0.15) is 0 Å². The zero-order valence-electron chi connectivity index (χ0n) is 8.34. The average molecular weight is 217 g/mol. The molecule has 0 aliphatic heterocycles. The van der Waals surface area contributed by atoms with E-state index in [2.05, 4.69) is 20.8 Å². The first-order chi connectivity index (χ1) is 6.74. The number of tetrazole rings is 1. The summed E-state index contributed by atoms with van der Waals surface area (Å²) in [6, 6.07) is 0.147. The number of aliphatic hydroxyl groups excluding tert-OH is 1. The molecule has 0 fully saturated rings. The normalized spacial score (nSPS) is 13.1. The molecule has 0 bridgehead atoms. The molecule has 2 N–H and O–H groups in total. The Kier molecular flexibility index (Phi) is 4.85. The molecule has 14 heavy (non-hydrogen) atoms. The molecule has 7 heteroatoms. The first-order valence-corrected chi connectivity index (χ1v) is 5.42. The minimum absolute atomic E-state index is 0.147. The van der Waals surface area contributed by atoms with Gasteiger partial charge in [0.05, 0.1) is 6.61 Å². The van der Waals surface area contributed by atoms with Crippen LogP contribution in [0.5, 0.6) is 0 Å². The lowest BCUT2D eigenvalue weighted by Gasteiger charge is -2.09. The monoisotopic (exact) mass is 217 g/mol. The van der Waals surface area contributed by atoms with E-state index in [9.17, 15) is 0 Å². The van der Waals surface area contributed by atoms with E-state index in [1.165, 1.54) is 0 Å². The summed E-state index contributed by atoms with van der Waals surface area (Å²) >= 11 is 1.59. The first-order valence-electron chi connectivity index (χ1n) is 4.43. The third-order valence-corrected chi connectivity index (χ3v) is 2.69. The summed E-state index contributed by atoms with van der Waals surface area (Å²) in [5, 5.41) is 23.8. The van der Waals surface area contributed by atoms with Crippen molar-refractivity contribution in [2.75, 3.05) is 18.9 Å². The fourth-order valence-electron chi connectivity index (χ4n) is 0.856. The Bertz CT molecular complexity index is 266. The topological polar surface area (TPSA) is 75.9 Å². The fraction of sp³-hybridized carbons (Fsp3) is 0.857. The average Bonchev–Trinajstić information content (AvgIpc) is 2.58. The molecule has 1 rings (SSSR count). The molecule has 1 atom stereocenters. The van der Waals surface area contributed by atoms with Crippen LogP contribution in [0.2, 0.25) is 0 Å². The third-order valence-electron chi connectivity index (χ3n) is 1.68. The summed E-state index contributed by atoms with van der Waals surface area (Å²) in [4.78, 5) is 0. The van der Waals surface area contributed by atoms with Crippen LogP contribution < -0.4 is 5.32 Å². The minimum atomic E-state index is 0.147. The molecule has 0 unspecified atom stereocenters. The number of aliphatic hydroxyl groups is 1. The summed E-state index contributed by atoms with van der Waals surface area (Å²) < 4.78 is 1.64. The van der Waals surface area contributed by atoms with Crippen molar-refractivity contribution >= 4 is 11.8 Å². The van der Waals surface area contributed by atoms with Gasteiger partial charge in [0.15, 0.2) is 0 Å². The van der Waals surface area contributed by atoms with E-state index in [-0.39, 0.29) is 12.6 Å². The lowest BCUT2D eigenvalue weighted by atomic mass is 10.4. The van der Waals surface area contributed by atoms with Crippen molar-refractivity contribution < 1.29 is 5.11 Å². The van der Waals surface area contributed by atoms with E-state index in [4.69, 9.17) is 5.11 Å². The molecule has 6 nitrogen and oxygen atoms in total. The number of aromatic nitrogens is 4. The van der Waals surface area contributed by atoms with Crippen LogP contribution in [-0.2, 0) is 7.05 Å². The molecule has 0 aliphatic carbocycles. The lowest BCUT2D eigenvalue weighted by molar-refractivity contribution is 0.254. The Morgan fingerprint density at radius 1 is 1.64 bits per heavy atom. The van der Waals surface area contributed by atoms with Crippen LogP contribution in [0.4, 0.5) is 0 Å². The van der Waals surface area contributed by atoms with Crippen LogP contribution in [0, 0.1) is 0 Å². The van der Waals surface area contributed by atoms with Gasteiger partial charge >= 0.3 is 0 Å². The van der Waals surface area contributed by atoms with Crippen molar-refractivity contribution in [3.8, 4) is 0 Å². The molecule has 0 amide bonds. The molecule has 0 saturated carbocycles. The minimum Gasteiger partial charge on any atom is -0.395 e. The van der Waals surface area contributed by atoms with Crippen molar-refractivity contribution in [3.63, 3.8) is 0 Å². The largest absolute Gasteiger partial charge is 0.395 e. The molecular weight excluding hydrogens is 202 g/mol. The van der Waals surface area contributed by atoms with E-state index < -0.39 is 0 Å². The molecule has 0 aliphatic rings. The number of aryl methyl sites for hydroxylation is 1. The highest BCUT2D eigenvalue weighted by Crippen LogP contribution is 2.10. The van der Waals surface area contributed by atoms with Crippen LogP contribution in [0.25, 0.3) is 0 Å². The molecule has 0 spiro atoms. The molecule has 0 aromatic carbocycles. The van der Waals surface area contributed by atoms with Gasteiger partial charge in [-0.05, 0) is 17.4 Å². The van der Waals surface area contributed by atoms with E-state index in [0.29, 0.717) is 0 Å². The summed E-state index contributed by atoms with van der Waals surface area (Å²) in [7, 11) is 1.81. The second kappa shape index (κ2) is 5.94. The SMILES string of the molecule is C[C@@H](CO)NCCSc1nnnn1C. The highest BCUT2D eigenvalue weighted by Gasteiger charge is 2.02. The van der Waals surface area contributed by atoms with E-state index in [1.807, 2.05) is 14.0 Å². The maximum absolute atomic E-state index is 8.76. The highest BCUT2D eigenvalue weighted by molar-refractivity contribution is 7.99. The van der Waals surface area contributed by atoms with Gasteiger partial charge in [-0.25, -0.2) is 4.68 Å². The second-order valence-electron chi connectivity index (χ2n) is 2.97. The Balaban J connectivity index is 2.13. The van der Waals surface area contributed by atoms with Crippen molar-refractivity contribution in [2.45, 2.75) is 18.1 Å². The summed E-state index contributed by atoms with van der Waals surface area (Å²) in [5.41, 5.74) is 0. The lowest BCUT2D eigenvalue weighted by Crippen LogP contribution is -2.31. The van der Waals surface area contributed by atoms with Crippen LogP contribution >= 0.6 is 11.8 Å². The molecule has 80 valence electrons. The van der Waals surface area contributed by atoms with E-state index >= 15 is 0 Å². The zero-order chi connectivity index (χ0) is 10.4. The van der Waals surface area contributed by atoms with Gasteiger partial charge in [-0.3, -0.25) is 0 Å². The molecular formula is C7H15N5OS. The maximum Gasteiger partial charge on any atom is 0.209 e. The van der Waals surface area contributed by atoms with Gasteiger partial charge in [0, 0.05) is 25.4 Å². The summed E-state index contributed by atoms with van der Waals surface area (Å²) in [5.74, 6) is 0.887. The van der Waals surface area contributed by atoms with E-state index in [1.54, 1.807) is 16.4 Å². The fourth-order valence-corrected chi connectivity index (χ4v) is 1.58. The number of thioether (sulfide) groups is 1. The van der Waals surface area contributed by atoms with Gasteiger partial charge in [-0.15, -0.1) is 5.10 Å². The number of rotatable bonds is 6. The number of nitrogens with one attached hydrogen (secondary N) is 1. The number of nitrogens with zero attached hydrogens (tertiary/aromatic N) is 4. The van der Waals surface area contributed by atoms with Crippen molar-refractivity contribution in [2.24, 2.45) is 7.05 Å². The van der Waals surface area contributed by atoms with Crippen LogP contribution in [0.15, 0.2) is 5.16 Å². The Morgan fingerprint density at radius 3 is 3.00 bits per heavy atom. The third kappa shape index (κ3) is 3.60. The summed E-state index contributed by atoms with van der Waals surface area (Å²) in [6.07, 6.45) is 0. The number of hydrogen-bond donors (Lipinski definition) is 2. The second-order valence-corrected chi connectivity index (χ2v) is 4.03. The highest BCUT2D eigenvalue weighted by atomic mass is 32.2. The number of hydrogen-bond acceptors (Lipinski definition) is 6. The Morgan fingerprint density at radius 2 is 2.43 bits per heavy atom. The van der Waals surface area contributed by atoms with Crippen molar-refractivity contribution in [1.29, 1.82) is 0 Å². The van der Waals surface area contributed by atoms with Gasteiger partial charge < -0.3 is 10.4 Å². The van der Waals surface area contributed by atoms with Gasteiger partial charge in [0.2, 0.25) is 5.16 Å². The van der Waals surface area contributed by atoms with Gasteiger partial charge in [0.25, 0.3) is 0 Å². The van der Waals surface area contributed by atoms with Crippen molar-refractivity contribution in [3.05, 3.63) is 0 Å². The zero-order valence-corrected chi connectivity index (χ0v) is 9.16. The maximum atomic E-state index is 8.76. The molecule has 0 radical (unpaired) electrons. The van der Waals surface area contributed by atoms with Gasteiger partial charge in [-0.1, -0.05) is 11.8 Å². The molecule has 1 aromatic heterocycles. The predicted octanol–water partition coefficient (Wildman–Crippen LogP) is -0.727. The molecule has 0 saturated heterocycles. The van der Waals surface area contributed by atoms with Gasteiger partial charge in [0.1, 0.15) is 0 Å².